The number of amides is 1. The summed E-state index contributed by atoms with van der Waals surface area (Å²) in [4.78, 5) is 33.7. The number of fused-ring (bicyclic) bond motifs is 1. The number of para-hydroxylation sites is 2. The molecule has 5 rings (SSSR count). The highest BCUT2D eigenvalue weighted by atomic mass is 32.1. The molecule has 0 bridgehead atoms. The van der Waals surface area contributed by atoms with Gasteiger partial charge in [-0.3, -0.25) is 4.79 Å². The zero-order valence-electron chi connectivity index (χ0n) is 21.9. The van der Waals surface area contributed by atoms with Crippen molar-refractivity contribution in [3.8, 4) is 10.4 Å². The summed E-state index contributed by atoms with van der Waals surface area (Å²) in [6, 6.07) is 20.4. The number of aromatic nitrogens is 3. The fourth-order valence-corrected chi connectivity index (χ4v) is 5.51. The molecule has 0 aliphatic rings. The number of hydrogen-bond donors (Lipinski definition) is 4. The minimum atomic E-state index is -1.07. The van der Waals surface area contributed by atoms with E-state index in [4.69, 9.17) is 0 Å². The van der Waals surface area contributed by atoms with E-state index in [-0.39, 0.29) is 12.3 Å². The molecule has 3 aromatic carbocycles. The van der Waals surface area contributed by atoms with Gasteiger partial charge in [-0.2, -0.15) is 4.37 Å². The number of carbonyl (C=O) groups excluding carboxylic acids is 1. The lowest BCUT2D eigenvalue weighted by Gasteiger charge is -2.17. The number of benzene rings is 3. The van der Waals surface area contributed by atoms with Crippen LogP contribution in [0.25, 0.3) is 21.5 Å². The second kappa shape index (κ2) is 11.1. The maximum atomic E-state index is 12.9. The van der Waals surface area contributed by atoms with Crippen LogP contribution in [0.5, 0.6) is 0 Å². The molecule has 9 heteroatoms. The summed E-state index contributed by atoms with van der Waals surface area (Å²) in [5.41, 5.74) is 7.84. The number of aryl methyl sites for hydroxylation is 3. The maximum absolute atomic E-state index is 12.9. The van der Waals surface area contributed by atoms with Gasteiger partial charge < -0.3 is 20.7 Å². The number of aliphatic carboxylic acids is 1. The summed E-state index contributed by atoms with van der Waals surface area (Å²) in [6.07, 6.45) is 0.181. The summed E-state index contributed by atoms with van der Waals surface area (Å²) in [5.74, 6) is -0.746. The van der Waals surface area contributed by atoms with E-state index in [1.807, 2.05) is 87.5 Å². The number of H-pyrrole nitrogens is 1. The molecule has 1 atom stereocenters. The Labute approximate surface area is 230 Å². The average Bonchev–Trinajstić information content (AvgIpc) is 3.54. The van der Waals surface area contributed by atoms with Crippen LogP contribution < -0.4 is 10.6 Å². The molecular weight excluding hydrogens is 510 g/mol. The molecule has 1 amide bonds. The Kier molecular flexibility index (Phi) is 7.42. The minimum absolute atomic E-state index is 0.181. The summed E-state index contributed by atoms with van der Waals surface area (Å²) in [5, 5.41) is 15.8. The number of carbonyl (C=O) groups is 2. The maximum Gasteiger partial charge on any atom is 0.326 e. The molecule has 39 heavy (non-hydrogen) atoms. The number of imidazole rings is 1. The van der Waals surface area contributed by atoms with Gasteiger partial charge in [-0.15, -0.1) is 0 Å². The van der Waals surface area contributed by atoms with Gasteiger partial charge in [0, 0.05) is 12.0 Å². The first-order valence-electron chi connectivity index (χ1n) is 12.6. The Morgan fingerprint density at radius 2 is 1.72 bits per heavy atom. The van der Waals surface area contributed by atoms with Crippen molar-refractivity contribution in [3.05, 3.63) is 100 Å². The third-order valence-corrected chi connectivity index (χ3v) is 7.45. The topological polar surface area (TPSA) is 120 Å². The zero-order valence-corrected chi connectivity index (χ0v) is 22.7. The molecule has 8 nitrogen and oxygen atoms in total. The smallest absolute Gasteiger partial charge is 0.326 e. The highest BCUT2D eigenvalue weighted by Crippen LogP contribution is 2.26. The lowest BCUT2D eigenvalue weighted by atomic mass is 9.98. The molecule has 0 fully saturated rings. The molecule has 0 spiro atoms. The fraction of sp³-hybridized carbons (Fsp3) is 0.200. The largest absolute Gasteiger partial charge is 0.480 e. The number of rotatable bonds is 9. The molecule has 0 aliphatic heterocycles. The van der Waals surface area contributed by atoms with Gasteiger partial charge in [0.1, 0.15) is 6.04 Å². The van der Waals surface area contributed by atoms with Gasteiger partial charge in [0.25, 0.3) is 5.91 Å². The predicted molar refractivity (Wildman–Crippen MR) is 154 cm³/mol. The lowest BCUT2D eigenvalue weighted by Crippen LogP contribution is -2.42. The number of nitrogens with one attached hydrogen (secondary N) is 3. The minimum Gasteiger partial charge on any atom is -0.480 e. The summed E-state index contributed by atoms with van der Waals surface area (Å²) >= 11 is 1.41. The monoisotopic (exact) mass is 539 g/mol. The van der Waals surface area contributed by atoms with Crippen molar-refractivity contribution in [2.24, 2.45) is 0 Å². The van der Waals surface area contributed by atoms with Crippen LogP contribution in [0.1, 0.15) is 38.3 Å². The first-order valence-corrected chi connectivity index (χ1v) is 13.4. The molecule has 0 aliphatic carbocycles. The van der Waals surface area contributed by atoms with Crippen molar-refractivity contribution in [2.75, 3.05) is 5.32 Å². The third kappa shape index (κ3) is 5.99. The molecule has 4 N–H and O–H groups in total. The van der Waals surface area contributed by atoms with Crippen LogP contribution in [0.3, 0.4) is 0 Å². The van der Waals surface area contributed by atoms with Crippen LogP contribution in [0.2, 0.25) is 0 Å². The Bertz CT molecular complexity index is 1600. The number of anilines is 1. The Hall–Kier alpha value is -4.50. The first kappa shape index (κ1) is 26.1. The van der Waals surface area contributed by atoms with Crippen molar-refractivity contribution >= 4 is 40.4 Å². The van der Waals surface area contributed by atoms with Crippen molar-refractivity contribution in [2.45, 2.75) is 39.8 Å². The molecule has 2 heterocycles. The summed E-state index contributed by atoms with van der Waals surface area (Å²) in [7, 11) is 0. The Balaban J connectivity index is 1.22. The van der Waals surface area contributed by atoms with E-state index >= 15 is 0 Å². The average molecular weight is 540 g/mol. The standard InChI is InChI=1S/C30H29N5O3S/c1-17-12-18(2)27(19(3)13-17)28(36)32-25(29(37)38)14-20-8-10-21(11-9-20)26-15-22(35-39-26)16-31-30-33-23-6-4-5-7-24(23)34-30/h4-13,15,25H,14,16H2,1-3H3,(H,32,36)(H,37,38)(H2,31,33,34). The lowest BCUT2D eigenvalue weighted by molar-refractivity contribution is -0.139. The van der Waals surface area contributed by atoms with E-state index in [0.29, 0.717) is 18.1 Å². The molecule has 0 radical (unpaired) electrons. The van der Waals surface area contributed by atoms with Gasteiger partial charge in [-0.25, -0.2) is 9.78 Å². The molecule has 1 unspecified atom stereocenters. The third-order valence-electron chi connectivity index (χ3n) is 6.57. The van der Waals surface area contributed by atoms with Gasteiger partial charge >= 0.3 is 5.97 Å². The van der Waals surface area contributed by atoms with E-state index in [0.717, 1.165) is 49.4 Å². The van der Waals surface area contributed by atoms with Crippen molar-refractivity contribution in [3.63, 3.8) is 0 Å². The van der Waals surface area contributed by atoms with Gasteiger partial charge in [0.05, 0.1) is 28.1 Å². The zero-order chi connectivity index (χ0) is 27.5. The number of aromatic amines is 1. The van der Waals surface area contributed by atoms with Gasteiger partial charge in [0.15, 0.2) is 0 Å². The van der Waals surface area contributed by atoms with Crippen molar-refractivity contribution in [1.29, 1.82) is 0 Å². The second-order valence-electron chi connectivity index (χ2n) is 9.68. The van der Waals surface area contributed by atoms with Gasteiger partial charge in [-0.05, 0) is 72.8 Å². The number of carboxylic acid groups (broad SMARTS) is 1. The molecule has 0 saturated heterocycles. The normalized spacial score (nSPS) is 11.9. The molecule has 198 valence electrons. The van der Waals surface area contributed by atoms with Gasteiger partial charge in [-0.1, -0.05) is 54.1 Å². The Morgan fingerprint density at radius 1 is 1.00 bits per heavy atom. The van der Waals surface area contributed by atoms with Crippen LogP contribution in [0, 0.1) is 20.8 Å². The van der Waals surface area contributed by atoms with E-state index < -0.39 is 12.0 Å². The fourth-order valence-electron chi connectivity index (χ4n) is 4.75. The first-order chi connectivity index (χ1) is 18.8. The quantitative estimate of drug-likeness (QED) is 0.192. The number of hydrogen-bond acceptors (Lipinski definition) is 6. The molecule has 0 saturated carbocycles. The van der Waals surface area contributed by atoms with Crippen LogP contribution in [0.4, 0.5) is 5.95 Å². The van der Waals surface area contributed by atoms with Crippen LogP contribution >= 0.6 is 11.5 Å². The highest BCUT2D eigenvalue weighted by Gasteiger charge is 2.23. The van der Waals surface area contributed by atoms with E-state index in [1.165, 1.54) is 11.5 Å². The highest BCUT2D eigenvalue weighted by molar-refractivity contribution is 7.09. The summed E-state index contributed by atoms with van der Waals surface area (Å²) in [6.45, 7) is 6.23. The van der Waals surface area contributed by atoms with Crippen LogP contribution in [-0.2, 0) is 17.8 Å². The molecule has 2 aromatic heterocycles. The van der Waals surface area contributed by atoms with Crippen LogP contribution in [-0.4, -0.2) is 37.4 Å². The van der Waals surface area contributed by atoms with E-state index in [2.05, 4.69) is 25.0 Å². The molecule has 5 aromatic rings. The second-order valence-corrected chi connectivity index (χ2v) is 10.5. The summed E-state index contributed by atoms with van der Waals surface area (Å²) < 4.78 is 4.55. The van der Waals surface area contributed by atoms with E-state index in [1.54, 1.807) is 0 Å². The van der Waals surface area contributed by atoms with Crippen molar-refractivity contribution < 1.29 is 14.7 Å². The predicted octanol–water partition coefficient (Wildman–Crippen LogP) is 5.65. The van der Waals surface area contributed by atoms with Crippen LogP contribution in [0.15, 0.2) is 66.7 Å². The van der Waals surface area contributed by atoms with Crippen molar-refractivity contribution in [1.82, 2.24) is 19.7 Å². The Morgan fingerprint density at radius 3 is 2.41 bits per heavy atom. The number of nitrogens with zero attached hydrogens (tertiary/aromatic N) is 2. The SMILES string of the molecule is Cc1cc(C)c(C(=O)NC(Cc2ccc(-c3cc(CNc4nc5ccccc5[nH]4)ns3)cc2)C(=O)O)c(C)c1. The number of carboxylic acids is 1. The van der Waals surface area contributed by atoms with E-state index in [9.17, 15) is 14.7 Å². The molecular formula is C30H29N5O3S. The van der Waals surface area contributed by atoms with Gasteiger partial charge in [0.2, 0.25) is 5.95 Å².